The maximum absolute atomic E-state index is 15.5. The Kier molecular flexibility index (Phi) is 10.2. The number of morpholine rings is 1. The molecule has 2 amide bonds. The van der Waals surface area contributed by atoms with E-state index in [0.717, 1.165) is 19.2 Å². The van der Waals surface area contributed by atoms with Crippen molar-refractivity contribution in [3.05, 3.63) is 64.6 Å². The number of carbonyl (C=O) groups excluding carboxylic acids is 2. The maximum Gasteiger partial charge on any atom is 0.306 e. The number of carboxylic acid groups (broad SMARTS) is 1. The number of aliphatic carboxylic acids is 1. The molecule has 3 aromatic rings. The Morgan fingerprint density at radius 2 is 1.79 bits per heavy atom. The highest BCUT2D eigenvalue weighted by Gasteiger charge is 2.40. The minimum atomic E-state index is -0.762. The van der Waals surface area contributed by atoms with Gasteiger partial charge in [0.15, 0.2) is 0 Å². The monoisotopic (exact) mass is 669 g/mol. The van der Waals surface area contributed by atoms with Crippen LogP contribution in [0.3, 0.4) is 0 Å². The molecule has 3 aliphatic rings. The summed E-state index contributed by atoms with van der Waals surface area (Å²) in [6.07, 6.45) is 4.45. The molecular weight excluding hydrogens is 629 g/mol. The van der Waals surface area contributed by atoms with E-state index < -0.39 is 17.7 Å². The number of halogens is 2. The number of likely N-dealkylation sites (tertiary alicyclic amines) is 1. The van der Waals surface area contributed by atoms with Crippen LogP contribution in [0, 0.1) is 11.7 Å². The zero-order valence-corrected chi connectivity index (χ0v) is 27.4. The quantitative estimate of drug-likeness (QED) is 0.295. The van der Waals surface area contributed by atoms with Crippen LogP contribution >= 0.6 is 11.6 Å². The largest absolute Gasteiger partial charge is 0.481 e. The van der Waals surface area contributed by atoms with Crippen molar-refractivity contribution in [2.24, 2.45) is 5.92 Å². The van der Waals surface area contributed by atoms with Crippen LogP contribution in [-0.2, 0) is 25.5 Å². The van der Waals surface area contributed by atoms with Crippen LogP contribution in [0.5, 0.6) is 0 Å². The van der Waals surface area contributed by atoms with Gasteiger partial charge in [0.2, 0.25) is 5.91 Å². The van der Waals surface area contributed by atoms with Gasteiger partial charge in [0.25, 0.3) is 5.91 Å². The molecule has 4 atom stereocenters. The summed E-state index contributed by atoms with van der Waals surface area (Å²) >= 11 is 6.51. The molecular formula is C35H41ClFN3O7. The van der Waals surface area contributed by atoms with Gasteiger partial charge in [0.1, 0.15) is 17.7 Å². The van der Waals surface area contributed by atoms with Gasteiger partial charge in [-0.1, -0.05) is 29.8 Å². The predicted octanol–water partition coefficient (Wildman–Crippen LogP) is 5.76. The second-order valence-electron chi connectivity index (χ2n) is 13.1. The summed E-state index contributed by atoms with van der Waals surface area (Å²) in [4.78, 5) is 42.4. The van der Waals surface area contributed by atoms with Crippen LogP contribution in [0.2, 0.25) is 5.02 Å². The summed E-state index contributed by atoms with van der Waals surface area (Å²) in [5, 5.41) is 12.7. The first kappa shape index (κ1) is 33.4. The molecule has 2 N–H and O–H groups in total. The fourth-order valence-electron chi connectivity index (χ4n) is 7.29. The Balaban J connectivity index is 1.14. The number of hydrogen-bond donors (Lipinski definition) is 2. The van der Waals surface area contributed by atoms with Crippen molar-refractivity contribution in [1.82, 2.24) is 9.80 Å². The van der Waals surface area contributed by atoms with E-state index in [1.54, 1.807) is 29.2 Å². The summed E-state index contributed by atoms with van der Waals surface area (Å²) in [6.45, 7) is 6.43. The van der Waals surface area contributed by atoms with E-state index in [-0.39, 0.29) is 64.9 Å². The number of benzene rings is 2. The van der Waals surface area contributed by atoms with Gasteiger partial charge >= 0.3 is 5.97 Å². The molecule has 12 heteroatoms. The summed E-state index contributed by atoms with van der Waals surface area (Å²) in [5.74, 6) is -2.47. The summed E-state index contributed by atoms with van der Waals surface area (Å²) in [6, 6.07) is 9.53. The van der Waals surface area contributed by atoms with Crippen molar-refractivity contribution in [2.45, 2.75) is 82.8 Å². The molecule has 1 saturated carbocycles. The first-order chi connectivity index (χ1) is 22.5. The van der Waals surface area contributed by atoms with Crippen LogP contribution < -0.4 is 5.32 Å². The van der Waals surface area contributed by atoms with Crippen LogP contribution in [0.25, 0.3) is 11.0 Å². The summed E-state index contributed by atoms with van der Waals surface area (Å²) in [7, 11) is 0. The normalized spacial score (nSPS) is 26.9. The lowest BCUT2D eigenvalue weighted by Crippen LogP contribution is -2.51. The fraction of sp³-hybridized carbons (Fsp3) is 0.514. The van der Waals surface area contributed by atoms with Gasteiger partial charge in [-0.25, -0.2) is 4.39 Å². The van der Waals surface area contributed by atoms with Gasteiger partial charge in [0.05, 0.1) is 59.6 Å². The van der Waals surface area contributed by atoms with Crippen molar-refractivity contribution in [1.29, 1.82) is 0 Å². The van der Waals surface area contributed by atoms with Crippen molar-refractivity contribution in [3.8, 4) is 0 Å². The summed E-state index contributed by atoms with van der Waals surface area (Å²) < 4.78 is 33.1. The molecule has 2 saturated heterocycles. The molecule has 6 rings (SSSR count). The molecule has 10 nitrogen and oxygen atoms in total. The van der Waals surface area contributed by atoms with Crippen LogP contribution in [0.1, 0.15) is 61.9 Å². The number of nitrogens with one attached hydrogen (secondary N) is 1. The lowest BCUT2D eigenvalue weighted by atomic mass is 9.87. The SMILES string of the molecule is C[C@@H]1CN([C@H]2C[C@@H](COC3CCC(C(=O)O)CC3)N(C(=O)Cc3cc(Cl)c(NC(=O)c4coc5ccccc45)cc3F)C2)C[C@H](C)O1. The fourth-order valence-corrected chi connectivity index (χ4v) is 7.52. The van der Waals surface area contributed by atoms with Gasteiger partial charge in [-0.3, -0.25) is 19.3 Å². The van der Waals surface area contributed by atoms with Gasteiger partial charge in [-0.2, -0.15) is 0 Å². The molecule has 2 aromatic carbocycles. The molecule has 47 heavy (non-hydrogen) atoms. The minimum Gasteiger partial charge on any atom is -0.481 e. The number of carboxylic acids is 1. The molecule has 1 aromatic heterocycles. The number of rotatable bonds is 9. The Morgan fingerprint density at radius 1 is 1.06 bits per heavy atom. The first-order valence-electron chi connectivity index (χ1n) is 16.3. The number of ether oxygens (including phenoxy) is 2. The highest BCUT2D eigenvalue weighted by molar-refractivity contribution is 6.34. The number of anilines is 1. The van der Waals surface area contributed by atoms with Crippen molar-refractivity contribution >= 4 is 46.0 Å². The number of furan rings is 1. The Labute approximate surface area is 278 Å². The average molecular weight is 670 g/mol. The van der Waals surface area contributed by atoms with E-state index in [9.17, 15) is 19.5 Å². The van der Waals surface area contributed by atoms with Crippen LogP contribution in [0.15, 0.2) is 47.1 Å². The Morgan fingerprint density at radius 3 is 2.51 bits per heavy atom. The molecule has 0 bridgehead atoms. The molecule has 252 valence electrons. The second kappa shape index (κ2) is 14.3. The zero-order valence-electron chi connectivity index (χ0n) is 26.6. The van der Waals surface area contributed by atoms with Gasteiger partial charge in [0, 0.05) is 31.1 Å². The first-order valence-corrected chi connectivity index (χ1v) is 16.7. The number of amides is 2. The highest BCUT2D eigenvalue weighted by atomic mass is 35.5. The zero-order chi connectivity index (χ0) is 33.2. The summed E-state index contributed by atoms with van der Waals surface area (Å²) in [5.41, 5.74) is 1.08. The third-order valence-corrected chi connectivity index (χ3v) is 9.99. The maximum atomic E-state index is 15.5. The van der Waals surface area contributed by atoms with Crippen LogP contribution in [0.4, 0.5) is 10.1 Å². The van der Waals surface area contributed by atoms with Crippen molar-refractivity contribution in [3.63, 3.8) is 0 Å². The third kappa shape index (κ3) is 7.64. The molecule has 0 unspecified atom stereocenters. The van der Waals surface area contributed by atoms with E-state index in [2.05, 4.69) is 10.2 Å². The number of nitrogens with zero attached hydrogens (tertiary/aromatic N) is 2. The number of para-hydroxylation sites is 1. The predicted molar refractivity (Wildman–Crippen MR) is 174 cm³/mol. The number of hydrogen-bond acceptors (Lipinski definition) is 7. The standard InChI is InChI=1S/C35H41ClFN3O7/c1-20-15-39(16-21(2)47-20)24-13-25(18-45-26-9-7-22(8-10-26)35(43)44)40(17-24)33(41)12-23-11-29(36)31(14-30(23)37)38-34(42)28-19-46-32-6-4-3-5-27(28)32/h3-6,11,14,19-22,24-26H,7-10,12-13,15-18H2,1-2H3,(H,38,42)(H,43,44)/t20-,21+,22?,24-,25-,26?/m0/s1. The third-order valence-electron chi connectivity index (χ3n) is 9.68. The molecule has 2 aliphatic heterocycles. The van der Waals surface area contributed by atoms with Crippen LogP contribution in [-0.4, -0.2) is 89.3 Å². The Hall–Kier alpha value is -3.51. The lowest BCUT2D eigenvalue weighted by Gasteiger charge is -2.38. The molecule has 0 spiro atoms. The Bertz CT molecular complexity index is 1610. The smallest absolute Gasteiger partial charge is 0.306 e. The lowest BCUT2D eigenvalue weighted by molar-refractivity contribution is -0.144. The average Bonchev–Trinajstić information content (AvgIpc) is 3.67. The van der Waals surface area contributed by atoms with Gasteiger partial charge in [-0.05, 0) is 69.7 Å². The topological polar surface area (TPSA) is 122 Å². The second-order valence-corrected chi connectivity index (χ2v) is 13.6. The van der Waals surface area contributed by atoms with E-state index in [1.807, 2.05) is 13.8 Å². The number of fused-ring (bicyclic) bond motifs is 1. The molecule has 1 aliphatic carbocycles. The molecule has 0 radical (unpaired) electrons. The minimum absolute atomic E-state index is 0.0518. The van der Waals surface area contributed by atoms with Crippen molar-refractivity contribution < 1.29 is 37.8 Å². The highest BCUT2D eigenvalue weighted by Crippen LogP contribution is 2.32. The van der Waals surface area contributed by atoms with E-state index in [1.165, 1.54) is 12.3 Å². The number of carbonyl (C=O) groups is 3. The van der Waals surface area contributed by atoms with Gasteiger partial charge in [-0.15, -0.1) is 0 Å². The molecule has 3 fully saturated rings. The van der Waals surface area contributed by atoms with E-state index in [0.29, 0.717) is 61.8 Å². The van der Waals surface area contributed by atoms with Crippen molar-refractivity contribution in [2.75, 3.05) is 31.6 Å². The molecule has 3 heterocycles. The van der Waals surface area contributed by atoms with E-state index >= 15 is 4.39 Å². The van der Waals surface area contributed by atoms with E-state index in [4.69, 9.17) is 25.5 Å². The van der Waals surface area contributed by atoms with Gasteiger partial charge < -0.3 is 29.2 Å².